The molecule has 1 heterocycles. The molecule has 4 rings (SSSR count). The van der Waals surface area contributed by atoms with Gasteiger partial charge in [-0.15, -0.1) is 0 Å². The standard InChI is InChI=1S/C21H20F3N3O/c1-13(25-18(15-10-11-15)14-6-3-2-4-7-14)20-26-19(27-28-20)16-8-5-9-17(12-16)21(22,23)24/h2-9,12-13,15,18,25H,10-11H2,1H3. The summed E-state index contributed by atoms with van der Waals surface area (Å²) in [6.07, 6.45) is -2.08. The molecule has 0 aliphatic heterocycles. The molecular formula is C21H20F3N3O. The van der Waals surface area contributed by atoms with E-state index in [-0.39, 0.29) is 23.5 Å². The number of alkyl halides is 3. The second kappa shape index (κ2) is 7.39. The zero-order chi connectivity index (χ0) is 19.7. The van der Waals surface area contributed by atoms with Crippen LogP contribution in [0, 0.1) is 5.92 Å². The van der Waals surface area contributed by atoms with Gasteiger partial charge in [-0.25, -0.2) is 0 Å². The van der Waals surface area contributed by atoms with Crippen LogP contribution in [0.4, 0.5) is 13.2 Å². The summed E-state index contributed by atoms with van der Waals surface area (Å²) < 4.78 is 44.1. The van der Waals surface area contributed by atoms with E-state index in [1.165, 1.54) is 24.5 Å². The minimum atomic E-state index is -4.41. The lowest BCUT2D eigenvalue weighted by atomic mass is 10.0. The van der Waals surface area contributed by atoms with Gasteiger partial charge in [0, 0.05) is 11.6 Å². The van der Waals surface area contributed by atoms with E-state index >= 15 is 0 Å². The van der Waals surface area contributed by atoms with Crippen molar-refractivity contribution in [3.05, 3.63) is 71.6 Å². The number of nitrogens with zero attached hydrogens (tertiary/aromatic N) is 2. The summed E-state index contributed by atoms with van der Waals surface area (Å²) in [5, 5.41) is 7.41. The Morgan fingerprint density at radius 2 is 1.82 bits per heavy atom. The maximum Gasteiger partial charge on any atom is 0.416 e. The maximum atomic E-state index is 12.9. The first-order chi connectivity index (χ1) is 13.4. The van der Waals surface area contributed by atoms with Crippen molar-refractivity contribution in [3.63, 3.8) is 0 Å². The van der Waals surface area contributed by atoms with Crippen molar-refractivity contribution < 1.29 is 17.7 Å². The van der Waals surface area contributed by atoms with E-state index in [1.807, 2.05) is 25.1 Å². The third-order valence-electron chi connectivity index (χ3n) is 4.94. The van der Waals surface area contributed by atoms with Gasteiger partial charge in [0.1, 0.15) is 0 Å². The van der Waals surface area contributed by atoms with Crippen LogP contribution in [0.2, 0.25) is 0 Å². The molecule has 28 heavy (non-hydrogen) atoms. The highest BCUT2D eigenvalue weighted by Gasteiger charge is 2.34. The van der Waals surface area contributed by atoms with Crippen molar-refractivity contribution in [1.29, 1.82) is 0 Å². The van der Waals surface area contributed by atoms with Crippen molar-refractivity contribution in [3.8, 4) is 11.4 Å². The van der Waals surface area contributed by atoms with Gasteiger partial charge in [0.25, 0.3) is 0 Å². The van der Waals surface area contributed by atoms with Gasteiger partial charge in [-0.3, -0.25) is 5.32 Å². The molecule has 1 N–H and O–H groups in total. The molecule has 146 valence electrons. The Labute approximate surface area is 160 Å². The SMILES string of the molecule is CC(NC(c1ccccc1)C1CC1)c1nc(-c2cccc(C(F)(F)F)c2)no1. The van der Waals surface area contributed by atoms with Crippen LogP contribution in [-0.4, -0.2) is 10.1 Å². The highest BCUT2D eigenvalue weighted by molar-refractivity contribution is 5.55. The predicted octanol–water partition coefficient (Wildman–Crippen LogP) is 5.56. The molecule has 0 spiro atoms. The van der Waals surface area contributed by atoms with E-state index in [1.54, 1.807) is 6.07 Å². The summed E-state index contributed by atoms with van der Waals surface area (Å²) in [6.45, 7) is 1.92. The van der Waals surface area contributed by atoms with Gasteiger partial charge in [-0.05, 0) is 43.4 Å². The lowest BCUT2D eigenvalue weighted by Crippen LogP contribution is -2.26. The molecule has 1 aliphatic carbocycles. The van der Waals surface area contributed by atoms with E-state index in [9.17, 15) is 13.2 Å². The minimum absolute atomic E-state index is 0.150. The molecular weight excluding hydrogens is 367 g/mol. The quantitative estimate of drug-likeness (QED) is 0.602. The van der Waals surface area contributed by atoms with Crippen LogP contribution in [0.1, 0.15) is 48.9 Å². The number of aromatic nitrogens is 2. The fraction of sp³-hybridized carbons (Fsp3) is 0.333. The molecule has 1 saturated carbocycles. The zero-order valence-electron chi connectivity index (χ0n) is 15.3. The normalized spacial score (nSPS) is 16.7. The first-order valence-corrected chi connectivity index (χ1v) is 9.24. The average Bonchev–Trinajstić information content (AvgIpc) is 3.41. The summed E-state index contributed by atoms with van der Waals surface area (Å²) in [7, 11) is 0. The fourth-order valence-electron chi connectivity index (χ4n) is 3.30. The molecule has 0 amide bonds. The second-order valence-electron chi connectivity index (χ2n) is 7.15. The largest absolute Gasteiger partial charge is 0.416 e. The molecule has 0 bridgehead atoms. The van der Waals surface area contributed by atoms with E-state index in [2.05, 4.69) is 27.6 Å². The molecule has 2 aromatic carbocycles. The van der Waals surface area contributed by atoms with Gasteiger partial charge in [0.2, 0.25) is 11.7 Å². The third kappa shape index (κ3) is 4.09. The zero-order valence-corrected chi connectivity index (χ0v) is 15.3. The highest BCUT2D eigenvalue weighted by Crippen LogP contribution is 2.42. The average molecular weight is 387 g/mol. The first kappa shape index (κ1) is 18.7. The highest BCUT2D eigenvalue weighted by atomic mass is 19.4. The van der Waals surface area contributed by atoms with Gasteiger partial charge in [0.05, 0.1) is 11.6 Å². The fourth-order valence-corrected chi connectivity index (χ4v) is 3.30. The summed E-state index contributed by atoms with van der Waals surface area (Å²) in [4.78, 5) is 4.32. The Bertz CT molecular complexity index is 935. The van der Waals surface area contributed by atoms with Crippen molar-refractivity contribution in [2.45, 2.75) is 38.0 Å². The summed E-state index contributed by atoms with van der Waals surface area (Å²) in [5.41, 5.74) is 0.744. The molecule has 1 aromatic heterocycles. The predicted molar refractivity (Wildman–Crippen MR) is 98.2 cm³/mol. The van der Waals surface area contributed by atoms with E-state index < -0.39 is 11.7 Å². The van der Waals surface area contributed by atoms with Gasteiger partial charge in [-0.2, -0.15) is 18.2 Å². The Kier molecular flexibility index (Phi) is 4.93. The molecule has 2 atom stereocenters. The second-order valence-corrected chi connectivity index (χ2v) is 7.15. The van der Waals surface area contributed by atoms with Crippen LogP contribution in [0.15, 0.2) is 59.1 Å². The molecule has 0 radical (unpaired) electrons. The number of hydrogen-bond acceptors (Lipinski definition) is 4. The third-order valence-corrected chi connectivity index (χ3v) is 4.94. The molecule has 0 saturated heterocycles. The van der Waals surface area contributed by atoms with Crippen LogP contribution in [0.3, 0.4) is 0 Å². The van der Waals surface area contributed by atoms with Gasteiger partial charge in [-0.1, -0.05) is 47.6 Å². The van der Waals surface area contributed by atoms with Crippen LogP contribution >= 0.6 is 0 Å². The smallest absolute Gasteiger partial charge is 0.337 e. The Morgan fingerprint density at radius 3 is 2.50 bits per heavy atom. The van der Waals surface area contributed by atoms with Crippen LogP contribution in [-0.2, 0) is 6.18 Å². The monoisotopic (exact) mass is 387 g/mol. The van der Waals surface area contributed by atoms with E-state index in [0.29, 0.717) is 11.8 Å². The number of benzene rings is 2. The molecule has 2 unspecified atom stereocenters. The number of hydrogen-bond donors (Lipinski definition) is 1. The van der Waals surface area contributed by atoms with Crippen LogP contribution < -0.4 is 5.32 Å². The molecule has 7 heteroatoms. The summed E-state index contributed by atoms with van der Waals surface area (Å²) in [5.74, 6) is 1.07. The minimum Gasteiger partial charge on any atom is -0.337 e. The molecule has 1 aliphatic rings. The van der Waals surface area contributed by atoms with Crippen LogP contribution in [0.5, 0.6) is 0 Å². The van der Waals surface area contributed by atoms with Crippen molar-refractivity contribution in [2.24, 2.45) is 5.92 Å². The van der Waals surface area contributed by atoms with Gasteiger partial charge < -0.3 is 4.52 Å². The van der Waals surface area contributed by atoms with Crippen molar-refractivity contribution in [1.82, 2.24) is 15.5 Å². The summed E-state index contributed by atoms with van der Waals surface area (Å²) in [6, 6.07) is 15.1. The van der Waals surface area contributed by atoms with E-state index in [0.717, 1.165) is 12.1 Å². The van der Waals surface area contributed by atoms with Crippen molar-refractivity contribution in [2.75, 3.05) is 0 Å². The molecule has 3 aromatic rings. The molecule has 4 nitrogen and oxygen atoms in total. The van der Waals surface area contributed by atoms with Gasteiger partial charge in [0.15, 0.2) is 0 Å². The maximum absolute atomic E-state index is 12.9. The summed E-state index contributed by atoms with van der Waals surface area (Å²) >= 11 is 0. The Balaban J connectivity index is 1.52. The van der Waals surface area contributed by atoms with Crippen LogP contribution in [0.25, 0.3) is 11.4 Å². The lowest BCUT2D eigenvalue weighted by molar-refractivity contribution is -0.137. The molecule has 1 fully saturated rings. The Hall–Kier alpha value is -2.67. The number of rotatable bonds is 6. The number of halogens is 3. The lowest BCUT2D eigenvalue weighted by Gasteiger charge is -2.21. The topological polar surface area (TPSA) is 51.0 Å². The number of nitrogens with one attached hydrogen (secondary N) is 1. The Morgan fingerprint density at radius 1 is 1.07 bits per heavy atom. The van der Waals surface area contributed by atoms with Gasteiger partial charge >= 0.3 is 6.18 Å². The van der Waals surface area contributed by atoms with Crippen molar-refractivity contribution >= 4 is 0 Å². The first-order valence-electron chi connectivity index (χ1n) is 9.24. The van der Waals surface area contributed by atoms with E-state index in [4.69, 9.17) is 4.52 Å².